The standard InChI is InChI=1S/C19H20N4O2S2/c1-4-20-19(25)23-16(24)12(3)27-18-15-14(9-26-17(15)21-10-22-18)13-7-5-11(2)6-8-13/h5-10,12H,4H2,1-3H3,(H2,20,23,24,25). The number of thioether (sulfide) groups is 1. The van der Waals surface area contributed by atoms with Crippen molar-refractivity contribution in [3.8, 4) is 11.1 Å². The SMILES string of the molecule is CCNC(=O)NC(=O)C(C)Sc1ncnc2scc(-c3ccc(C)cc3)c12. The smallest absolute Gasteiger partial charge is 0.321 e. The molecule has 6 nitrogen and oxygen atoms in total. The lowest BCUT2D eigenvalue weighted by molar-refractivity contribution is -0.119. The number of nitrogens with zero attached hydrogens (tertiary/aromatic N) is 2. The molecular formula is C19H20N4O2S2. The molecule has 1 atom stereocenters. The summed E-state index contributed by atoms with van der Waals surface area (Å²) >= 11 is 2.87. The summed E-state index contributed by atoms with van der Waals surface area (Å²) in [6, 6.07) is 7.79. The number of rotatable bonds is 5. The van der Waals surface area contributed by atoms with Crippen LogP contribution in [-0.4, -0.2) is 33.7 Å². The minimum absolute atomic E-state index is 0.357. The molecule has 2 aromatic heterocycles. The van der Waals surface area contributed by atoms with Gasteiger partial charge in [0.05, 0.1) is 10.6 Å². The monoisotopic (exact) mass is 400 g/mol. The number of carbonyl (C=O) groups excluding carboxylic acids is 2. The van der Waals surface area contributed by atoms with E-state index in [1.807, 2.05) is 0 Å². The molecule has 0 saturated carbocycles. The highest BCUT2D eigenvalue weighted by atomic mass is 32.2. The van der Waals surface area contributed by atoms with Crippen LogP contribution in [0.4, 0.5) is 4.79 Å². The number of benzene rings is 1. The second-order valence-corrected chi connectivity index (χ2v) is 8.17. The van der Waals surface area contributed by atoms with Crippen LogP contribution in [0.15, 0.2) is 41.0 Å². The molecule has 0 bridgehead atoms. The number of hydrogen-bond acceptors (Lipinski definition) is 6. The number of fused-ring (bicyclic) bond motifs is 1. The first-order chi connectivity index (χ1) is 13.0. The van der Waals surface area contributed by atoms with E-state index in [1.54, 1.807) is 25.2 Å². The van der Waals surface area contributed by atoms with E-state index < -0.39 is 11.3 Å². The molecule has 1 aromatic carbocycles. The van der Waals surface area contributed by atoms with E-state index in [0.717, 1.165) is 26.4 Å². The topological polar surface area (TPSA) is 84.0 Å². The number of hydrogen-bond donors (Lipinski definition) is 2. The molecule has 0 radical (unpaired) electrons. The van der Waals surface area contributed by atoms with Crippen molar-refractivity contribution >= 4 is 45.3 Å². The average molecular weight is 401 g/mol. The third-order valence-electron chi connectivity index (χ3n) is 3.93. The number of aromatic nitrogens is 2. The van der Waals surface area contributed by atoms with Crippen LogP contribution >= 0.6 is 23.1 Å². The first-order valence-corrected chi connectivity index (χ1v) is 10.3. The van der Waals surface area contributed by atoms with E-state index in [4.69, 9.17) is 0 Å². The molecule has 2 N–H and O–H groups in total. The van der Waals surface area contributed by atoms with Gasteiger partial charge in [0.1, 0.15) is 16.2 Å². The fourth-order valence-corrected chi connectivity index (χ4v) is 4.44. The van der Waals surface area contributed by atoms with Gasteiger partial charge in [0.15, 0.2) is 0 Å². The van der Waals surface area contributed by atoms with Crippen LogP contribution in [0.2, 0.25) is 0 Å². The summed E-state index contributed by atoms with van der Waals surface area (Å²) in [4.78, 5) is 33.5. The molecule has 3 rings (SSSR count). The molecule has 0 fully saturated rings. The highest BCUT2D eigenvalue weighted by Crippen LogP contribution is 2.38. The third-order valence-corrected chi connectivity index (χ3v) is 5.92. The molecule has 27 heavy (non-hydrogen) atoms. The number of urea groups is 1. The van der Waals surface area contributed by atoms with Gasteiger partial charge in [-0.05, 0) is 26.3 Å². The van der Waals surface area contributed by atoms with E-state index in [1.165, 1.54) is 23.7 Å². The maximum absolute atomic E-state index is 12.3. The zero-order chi connectivity index (χ0) is 19.4. The lowest BCUT2D eigenvalue weighted by atomic mass is 10.1. The van der Waals surface area contributed by atoms with Crippen molar-refractivity contribution in [2.24, 2.45) is 0 Å². The summed E-state index contributed by atoms with van der Waals surface area (Å²) in [6.07, 6.45) is 1.51. The zero-order valence-corrected chi connectivity index (χ0v) is 16.9. The van der Waals surface area contributed by atoms with E-state index in [9.17, 15) is 9.59 Å². The maximum atomic E-state index is 12.3. The highest BCUT2D eigenvalue weighted by molar-refractivity contribution is 8.00. The number of carbonyl (C=O) groups is 2. The van der Waals surface area contributed by atoms with Gasteiger partial charge < -0.3 is 5.32 Å². The molecule has 2 heterocycles. The Morgan fingerprint density at radius 1 is 1.22 bits per heavy atom. The molecule has 0 saturated heterocycles. The average Bonchev–Trinajstić information content (AvgIpc) is 3.07. The van der Waals surface area contributed by atoms with Gasteiger partial charge in [0.25, 0.3) is 0 Å². The van der Waals surface area contributed by atoms with Gasteiger partial charge in [0.2, 0.25) is 5.91 Å². The Kier molecular flexibility index (Phi) is 6.08. The predicted molar refractivity (Wildman–Crippen MR) is 110 cm³/mol. The van der Waals surface area contributed by atoms with Crippen molar-refractivity contribution in [3.63, 3.8) is 0 Å². The molecule has 3 amide bonds. The number of amides is 3. The van der Waals surface area contributed by atoms with E-state index in [2.05, 4.69) is 57.2 Å². The molecule has 0 aliphatic carbocycles. The number of aryl methyl sites for hydroxylation is 1. The Balaban J connectivity index is 1.88. The summed E-state index contributed by atoms with van der Waals surface area (Å²) in [5.41, 5.74) is 3.33. The first-order valence-electron chi connectivity index (χ1n) is 8.54. The Hall–Kier alpha value is -2.45. The van der Waals surface area contributed by atoms with Crippen LogP contribution in [0.5, 0.6) is 0 Å². The van der Waals surface area contributed by atoms with Gasteiger partial charge in [0, 0.05) is 17.5 Å². The minimum Gasteiger partial charge on any atom is -0.338 e. The van der Waals surface area contributed by atoms with Crippen molar-refractivity contribution in [2.75, 3.05) is 6.54 Å². The Morgan fingerprint density at radius 2 is 1.96 bits per heavy atom. The number of nitrogens with one attached hydrogen (secondary N) is 2. The number of thiophene rings is 1. The van der Waals surface area contributed by atoms with Crippen LogP contribution in [0.25, 0.3) is 21.3 Å². The second-order valence-electron chi connectivity index (χ2n) is 5.98. The van der Waals surface area contributed by atoms with Crippen LogP contribution < -0.4 is 10.6 Å². The van der Waals surface area contributed by atoms with Crippen molar-refractivity contribution < 1.29 is 9.59 Å². The van der Waals surface area contributed by atoms with Gasteiger partial charge in [-0.1, -0.05) is 41.6 Å². The van der Waals surface area contributed by atoms with Crippen LogP contribution in [-0.2, 0) is 4.79 Å². The van der Waals surface area contributed by atoms with Crippen molar-refractivity contribution in [1.82, 2.24) is 20.6 Å². The third kappa shape index (κ3) is 4.45. The normalized spacial score (nSPS) is 12.0. The maximum Gasteiger partial charge on any atom is 0.321 e. The largest absolute Gasteiger partial charge is 0.338 e. The van der Waals surface area contributed by atoms with E-state index >= 15 is 0 Å². The molecule has 0 aliphatic rings. The summed E-state index contributed by atoms with van der Waals surface area (Å²) in [7, 11) is 0. The van der Waals surface area contributed by atoms with Crippen LogP contribution in [0, 0.1) is 6.92 Å². The molecule has 1 unspecified atom stereocenters. The highest BCUT2D eigenvalue weighted by Gasteiger charge is 2.21. The number of imide groups is 1. The van der Waals surface area contributed by atoms with Crippen LogP contribution in [0.1, 0.15) is 19.4 Å². The fraction of sp³-hybridized carbons (Fsp3) is 0.263. The Labute approximate surface area is 165 Å². The van der Waals surface area contributed by atoms with Gasteiger partial charge in [-0.15, -0.1) is 11.3 Å². The van der Waals surface area contributed by atoms with Crippen LogP contribution in [0.3, 0.4) is 0 Å². The van der Waals surface area contributed by atoms with Crippen molar-refractivity contribution in [2.45, 2.75) is 31.0 Å². The summed E-state index contributed by atoms with van der Waals surface area (Å²) in [5, 5.41) is 8.15. The minimum atomic E-state index is -0.487. The first kappa shape index (κ1) is 19.3. The molecule has 0 spiro atoms. The van der Waals surface area contributed by atoms with Gasteiger partial charge in [-0.25, -0.2) is 14.8 Å². The van der Waals surface area contributed by atoms with Gasteiger partial charge in [-0.3, -0.25) is 10.1 Å². The lowest BCUT2D eigenvalue weighted by Crippen LogP contribution is -2.42. The zero-order valence-electron chi connectivity index (χ0n) is 15.3. The lowest BCUT2D eigenvalue weighted by Gasteiger charge is -2.12. The molecule has 8 heteroatoms. The van der Waals surface area contributed by atoms with E-state index in [0.29, 0.717) is 6.54 Å². The van der Waals surface area contributed by atoms with Gasteiger partial charge >= 0.3 is 6.03 Å². The van der Waals surface area contributed by atoms with E-state index in [-0.39, 0.29) is 5.91 Å². The quantitative estimate of drug-likeness (QED) is 0.500. The van der Waals surface area contributed by atoms with Crippen molar-refractivity contribution in [1.29, 1.82) is 0 Å². The van der Waals surface area contributed by atoms with Crippen molar-refractivity contribution in [3.05, 3.63) is 41.5 Å². The fourth-order valence-electron chi connectivity index (χ4n) is 2.52. The van der Waals surface area contributed by atoms with Gasteiger partial charge in [-0.2, -0.15) is 0 Å². The predicted octanol–water partition coefficient (Wildman–Crippen LogP) is 3.99. The Bertz CT molecular complexity index is 970. The second kappa shape index (κ2) is 8.49. The molecule has 3 aromatic rings. The summed E-state index contributed by atoms with van der Waals surface area (Å²) in [6.45, 7) is 6.06. The molecular weight excluding hydrogens is 380 g/mol. The summed E-state index contributed by atoms with van der Waals surface area (Å²) < 4.78 is 0. The summed E-state index contributed by atoms with van der Waals surface area (Å²) in [5.74, 6) is -0.357. The molecule has 140 valence electrons. The Morgan fingerprint density at radius 3 is 2.67 bits per heavy atom. The molecule has 0 aliphatic heterocycles.